The number of aliphatic carboxylic acids is 2. The molecule has 4 amide bonds. The third kappa shape index (κ3) is 9.69. The van der Waals surface area contributed by atoms with Gasteiger partial charge in [-0.1, -0.05) is 32.0 Å². The van der Waals surface area contributed by atoms with E-state index in [9.17, 15) is 33.9 Å². The van der Waals surface area contributed by atoms with Gasteiger partial charge in [-0.05, 0) is 30.4 Å². The molecule has 4 unspecified atom stereocenters. The first-order valence-corrected chi connectivity index (χ1v) is 12.7. The summed E-state index contributed by atoms with van der Waals surface area (Å²) in [4.78, 5) is 76.4. The first-order chi connectivity index (χ1) is 18.8. The van der Waals surface area contributed by atoms with Gasteiger partial charge in [0.05, 0.1) is 12.5 Å². The number of carboxylic acid groups (broad SMARTS) is 2. The second kappa shape index (κ2) is 14.6. The Hall–Kier alpha value is -4.46. The van der Waals surface area contributed by atoms with Gasteiger partial charge in [-0.3, -0.25) is 24.0 Å². The molecular formula is C26H36N6O8. The average molecular weight is 561 g/mol. The maximum atomic E-state index is 13.1. The summed E-state index contributed by atoms with van der Waals surface area (Å²) >= 11 is 0. The predicted octanol–water partition coefficient (Wildman–Crippen LogP) is -0.637. The van der Waals surface area contributed by atoms with Crippen molar-refractivity contribution in [3.63, 3.8) is 0 Å². The summed E-state index contributed by atoms with van der Waals surface area (Å²) in [6.45, 7) is 3.69. The van der Waals surface area contributed by atoms with Crippen molar-refractivity contribution in [3.05, 3.63) is 36.0 Å². The maximum absolute atomic E-state index is 13.1. The first kappa shape index (κ1) is 31.8. The smallest absolute Gasteiger partial charge is 0.326 e. The number of fused-ring (bicyclic) bond motifs is 1. The SMILES string of the molecule is CC(C)CC(N)C(=O)NC(CCC(=O)O)C(=O)NC(CC(N)=O)C(=O)NC(Cc1c[nH]c2ccccc12)C(=O)O. The van der Waals surface area contributed by atoms with Crippen LogP contribution in [0.1, 0.15) is 45.1 Å². The Morgan fingerprint density at radius 1 is 0.900 bits per heavy atom. The van der Waals surface area contributed by atoms with E-state index in [1.807, 2.05) is 13.8 Å². The van der Waals surface area contributed by atoms with Crippen molar-refractivity contribution >= 4 is 46.5 Å². The van der Waals surface area contributed by atoms with Crippen molar-refractivity contribution in [2.75, 3.05) is 0 Å². The number of nitrogens with one attached hydrogen (secondary N) is 4. The van der Waals surface area contributed by atoms with Gasteiger partial charge in [0.15, 0.2) is 0 Å². The number of carboxylic acids is 2. The van der Waals surface area contributed by atoms with Crippen LogP contribution in [0, 0.1) is 5.92 Å². The van der Waals surface area contributed by atoms with Crippen molar-refractivity contribution in [3.8, 4) is 0 Å². The van der Waals surface area contributed by atoms with Gasteiger partial charge in [0.2, 0.25) is 23.6 Å². The fraction of sp³-hybridized carbons (Fsp3) is 0.462. The lowest BCUT2D eigenvalue weighted by Gasteiger charge is -2.25. The maximum Gasteiger partial charge on any atom is 0.326 e. The summed E-state index contributed by atoms with van der Waals surface area (Å²) in [6.07, 6.45) is 0.325. The second-order valence-electron chi connectivity index (χ2n) is 9.92. The van der Waals surface area contributed by atoms with E-state index in [1.165, 1.54) is 0 Å². The van der Waals surface area contributed by atoms with Gasteiger partial charge in [-0.15, -0.1) is 0 Å². The highest BCUT2D eigenvalue weighted by atomic mass is 16.4. The van der Waals surface area contributed by atoms with Gasteiger partial charge < -0.3 is 42.6 Å². The summed E-state index contributed by atoms with van der Waals surface area (Å²) in [7, 11) is 0. The molecule has 0 radical (unpaired) electrons. The zero-order chi connectivity index (χ0) is 30.0. The van der Waals surface area contributed by atoms with E-state index >= 15 is 0 Å². The highest BCUT2D eigenvalue weighted by molar-refractivity contribution is 5.96. The van der Waals surface area contributed by atoms with Gasteiger partial charge in [0.1, 0.15) is 18.1 Å². The topological polar surface area (TPSA) is 247 Å². The lowest BCUT2D eigenvalue weighted by Crippen LogP contribution is -2.58. The van der Waals surface area contributed by atoms with Gasteiger partial charge >= 0.3 is 11.9 Å². The van der Waals surface area contributed by atoms with Crippen LogP contribution < -0.4 is 27.4 Å². The number of aromatic nitrogens is 1. The van der Waals surface area contributed by atoms with Crippen LogP contribution in [0.3, 0.4) is 0 Å². The zero-order valence-electron chi connectivity index (χ0n) is 22.3. The van der Waals surface area contributed by atoms with Crippen LogP contribution in [0.25, 0.3) is 10.9 Å². The Kier molecular flexibility index (Phi) is 11.6. The number of amides is 4. The molecular weight excluding hydrogens is 524 g/mol. The van der Waals surface area contributed by atoms with Crippen LogP contribution in [0.15, 0.2) is 30.5 Å². The lowest BCUT2D eigenvalue weighted by molar-refractivity contribution is -0.142. The van der Waals surface area contributed by atoms with E-state index < -0.39 is 72.6 Å². The molecule has 0 fully saturated rings. The number of H-pyrrole nitrogens is 1. The fourth-order valence-corrected chi connectivity index (χ4v) is 4.11. The van der Waals surface area contributed by atoms with Crippen molar-refractivity contribution in [2.45, 2.75) is 70.1 Å². The Balaban J connectivity index is 2.19. The van der Waals surface area contributed by atoms with Crippen LogP contribution in [0.5, 0.6) is 0 Å². The largest absolute Gasteiger partial charge is 0.481 e. The normalized spacial score (nSPS) is 14.1. The van der Waals surface area contributed by atoms with Crippen molar-refractivity contribution < 1.29 is 39.0 Å². The Labute approximate surface area is 230 Å². The van der Waals surface area contributed by atoms with Crippen LogP contribution in [0.2, 0.25) is 0 Å². The molecule has 0 saturated carbocycles. The molecule has 14 nitrogen and oxygen atoms in total. The molecule has 4 atom stereocenters. The molecule has 0 aliphatic carbocycles. The van der Waals surface area contributed by atoms with Crippen molar-refractivity contribution in [1.29, 1.82) is 0 Å². The minimum absolute atomic E-state index is 0.0714. The van der Waals surface area contributed by atoms with E-state index in [4.69, 9.17) is 16.6 Å². The third-order valence-electron chi connectivity index (χ3n) is 6.09. The molecule has 0 aliphatic heterocycles. The molecule has 0 aliphatic rings. The molecule has 2 aromatic rings. The number of carbonyl (C=O) groups excluding carboxylic acids is 4. The minimum Gasteiger partial charge on any atom is -0.481 e. The average Bonchev–Trinajstić information content (AvgIpc) is 3.27. The molecule has 0 spiro atoms. The number of benzene rings is 1. The second-order valence-corrected chi connectivity index (χ2v) is 9.92. The number of para-hydroxylation sites is 1. The third-order valence-corrected chi connectivity index (χ3v) is 6.09. The van der Waals surface area contributed by atoms with Gasteiger partial charge in [-0.2, -0.15) is 0 Å². The van der Waals surface area contributed by atoms with E-state index in [-0.39, 0.29) is 18.8 Å². The number of aromatic amines is 1. The number of rotatable bonds is 16. The zero-order valence-corrected chi connectivity index (χ0v) is 22.3. The minimum atomic E-state index is -1.59. The van der Waals surface area contributed by atoms with Crippen LogP contribution >= 0.6 is 0 Å². The van der Waals surface area contributed by atoms with Gasteiger partial charge in [0, 0.05) is 29.9 Å². The highest BCUT2D eigenvalue weighted by Crippen LogP contribution is 2.19. The quantitative estimate of drug-likeness (QED) is 0.130. The van der Waals surface area contributed by atoms with E-state index in [0.717, 1.165) is 10.9 Å². The highest BCUT2D eigenvalue weighted by Gasteiger charge is 2.32. The Bertz CT molecular complexity index is 1240. The molecule has 14 heteroatoms. The Morgan fingerprint density at radius 2 is 1.50 bits per heavy atom. The molecule has 40 heavy (non-hydrogen) atoms. The number of carbonyl (C=O) groups is 6. The van der Waals surface area contributed by atoms with Crippen molar-refractivity contribution in [2.24, 2.45) is 17.4 Å². The van der Waals surface area contributed by atoms with Crippen LogP contribution in [0.4, 0.5) is 0 Å². The molecule has 1 aromatic carbocycles. The number of primary amides is 1. The first-order valence-electron chi connectivity index (χ1n) is 12.7. The number of nitrogens with two attached hydrogens (primary N) is 2. The lowest BCUT2D eigenvalue weighted by atomic mass is 10.0. The summed E-state index contributed by atoms with van der Waals surface area (Å²) in [5, 5.41) is 26.6. The van der Waals surface area contributed by atoms with E-state index in [0.29, 0.717) is 12.0 Å². The van der Waals surface area contributed by atoms with E-state index in [1.54, 1.807) is 30.5 Å². The summed E-state index contributed by atoms with van der Waals surface area (Å²) < 4.78 is 0. The summed E-state index contributed by atoms with van der Waals surface area (Å²) in [5.74, 6) is -6.13. The van der Waals surface area contributed by atoms with E-state index in [2.05, 4.69) is 20.9 Å². The standard InChI is InChI=1S/C26H36N6O8/c1-13(2)9-16(27)23(36)30-18(7-8-22(34)35)24(37)31-19(11-21(28)33)25(38)32-20(26(39)40)10-14-12-29-17-6-4-3-5-15(14)17/h3-6,12-13,16,18-20,29H,7-11,27H2,1-2H3,(H2,28,33)(H,30,36)(H,31,37)(H,32,38)(H,34,35)(H,39,40). The molecule has 10 N–H and O–H groups in total. The Morgan fingerprint density at radius 3 is 2.10 bits per heavy atom. The predicted molar refractivity (Wildman–Crippen MR) is 144 cm³/mol. The summed E-state index contributed by atoms with van der Waals surface area (Å²) in [6, 6.07) is 1.80. The molecule has 218 valence electrons. The van der Waals surface area contributed by atoms with Crippen molar-refractivity contribution in [1.82, 2.24) is 20.9 Å². The molecule has 2 rings (SSSR count). The molecule has 1 aromatic heterocycles. The number of hydrogen-bond acceptors (Lipinski definition) is 7. The molecule has 0 saturated heterocycles. The van der Waals surface area contributed by atoms with Crippen LogP contribution in [-0.4, -0.2) is 74.9 Å². The summed E-state index contributed by atoms with van der Waals surface area (Å²) in [5.41, 5.74) is 12.5. The monoisotopic (exact) mass is 560 g/mol. The van der Waals surface area contributed by atoms with Crippen LogP contribution in [-0.2, 0) is 35.2 Å². The van der Waals surface area contributed by atoms with Gasteiger partial charge in [0.25, 0.3) is 0 Å². The van der Waals surface area contributed by atoms with Gasteiger partial charge in [-0.25, -0.2) is 4.79 Å². The molecule has 0 bridgehead atoms. The number of hydrogen-bond donors (Lipinski definition) is 8. The fourth-order valence-electron chi connectivity index (χ4n) is 4.11. The molecule has 1 heterocycles.